The standard InChI is InChI=1S/C23H29.2C12H10.C5H5.C2H4.Zr/c1-14-9-16-11-17-10-15(2)21(23(6,7)8)13-19(17)18(16)12-20(14)22(3,4)5;2*1-3-7-11(8-4-1)12-9-5-2-6-10-12;1-2-4-5-3-1;1-2;/h9-13H,1-8H3;2*1-10H;1-3H,4H2;1H,2H3;. The molecule has 55 heavy (non-hydrogen) atoms. The van der Waals surface area contributed by atoms with Crippen LogP contribution < -0.4 is 0 Å². The van der Waals surface area contributed by atoms with Crippen molar-refractivity contribution in [3.63, 3.8) is 0 Å². The second-order valence-electron chi connectivity index (χ2n) is 17.0. The average Bonchev–Trinajstić information content (AvgIpc) is 3.82. The molecule has 1 heteroatoms. The molecule has 0 aliphatic heterocycles. The van der Waals surface area contributed by atoms with Crippen LogP contribution in [0, 0.1) is 13.8 Å². The number of hydrogen-bond donors (Lipinski definition) is 0. The summed E-state index contributed by atoms with van der Waals surface area (Å²) in [5.74, 6) is 0. The molecule has 0 N–H and O–H groups in total. The summed E-state index contributed by atoms with van der Waals surface area (Å²) in [5, 5.41) is 0. The van der Waals surface area contributed by atoms with Gasteiger partial charge in [-0.05, 0) is 22.3 Å². The number of aryl methyl sites for hydroxylation is 2. The van der Waals surface area contributed by atoms with Gasteiger partial charge in [-0.1, -0.05) is 121 Å². The van der Waals surface area contributed by atoms with Crippen molar-refractivity contribution in [2.75, 3.05) is 0 Å². The van der Waals surface area contributed by atoms with E-state index in [9.17, 15) is 0 Å². The summed E-state index contributed by atoms with van der Waals surface area (Å²) in [6, 6.07) is 51.8. The number of allylic oxidation sites excluding steroid dienone is 4. The predicted octanol–water partition coefficient (Wildman–Crippen LogP) is 15.0. The summed E-state index contributed by atoms with van der Waals surface area (Å²) in [7, 11) is 0. The van der Waals surface area contributed by atoms with E-state index >= 15 is 0 Å². The van der Waals surface area contributed by atoms with Crippen molar-refractivity contribution in [3.8, 4) is 33.4 Å². The average molecular weight is 798 g/mol. The van der Waals surface area contributed by atoms with Crippen LogP contribution >= 0.6 is 0 Å². The molecule has 2 aliphatic carbocycles. The Hall–Kier alpha value is -4.45. The zero-order valence-corrected chi connectivity index (χ0v) is 36.9. The maximum Gasteiger partial charge on any atom is -0.0184 e. The van der Waals surface area contributed by atoms with Gasteiger partial charge in [0.15, 0.2) is 0 Å². The van der Waals surface area contributed by atoms with Crippen LogP contribution in [-0.2, 0) is 32.1 Å². The minimum absolute atomic E-state index is 0.158. The summed E-state index contributed by atoms with van der Waals surface area (Å²) in [4.78, 5) is 0. The number of benzene rings is 6. The van der Waals surface area contributed by atoms with E-state index in [0.717, 1.165) is 0 Å². The van der Waals surface area contributed by atoms with Gasteiger partial charge in [-0.25, -0.2) is 0 Å². The van der Waals surface area contributed by atoms with Gasteiger partial charge in [0.2, 0.25) is 0 Å². The van der Waals surface area contributed by atoms with E-state index in [1.807, 2.05) is 24.3 Å². The van der Waals surface area contributed by atoms with E-state index < -0.39 is 21.3 Å². The molecule has 0 saturated heterocycles. The molecule has 6 aromatic rings. The molecule has 0 atom stereocenters. The molecule has 0 nitrogen and oxygen atoms in total. The second-order valence-corrected chi connectivity index (χ2v) is 23.6. The second kappa shape index (κ2) is 17.6. The van der Waals surface area contributed by atoms with Gasteiger partial charge in [0.05, 0.1) is 0 Å². The third-order valence-electron chi connectivity index (χ3n) is 10.8. The quantitative estimate of drug-likeness (QED) is 0.167. The van der Waals surface area contributed by atoms with Crippen molar-refractivity contribution in [2.24, 2.45) is 0 Å². The van der Waals surface area contributed by atoms with E-state index in [1.54, 1.807) is 14.4 Å². The third kappa shape index (κ3) is 9.51. The molecule has 0 spiro atoms. The molecule has 0 radical (unpaired) electrons. The Balaban J connectivity index is 0.000000173. The zero-order chi connectivity index (χ0) is 39.2. The first-order chi connectivity index (χ1) is 26.4. The van der Waals surface area contributed by atoms with Gasteiger partial charge in [0.1, 0.15) is 0 Å². The first kappa shape index (κ1) is 40.2. The van der Waals surface area contributed by atoms with Crippen molar-refractivity contribution in [2.45, 2.75) is 83.2 Å². The fraction of sp³-hybridized carbons (Fsp3) is 0.241. The van der Waals surface area contributed by atoms with E-state index in [-0.39, 0.29) is 10.8 Å². The van der Waals surface area contributed by atoms with Crippen LogP contribution in [-0.4, -0.2) is 3.71 Å². The molecule has 0 saturated carbocycles. The maximum absolute atomic E-state index is 2.63. The molecule has 0 bridgehead atoms. The molecule has 0 fully saturated rings. The first-order valence-corrected chi connectivity index (χ1v) is 24.0. The van der Waals surface area contributed by atoms with Crippen LogP contribution in [0.5, 0.6) is 0 Å². The molecule has 278 valence electrons. The summed E-state index contributed by atoms with van der Waals surface area (Å²) < 4.78 is 4.97. The van der Waals surface area contributed by atoms with E-state index in [2.05, 4.69) is 206 Å². The van der Waals surface area contributed by atoms with Crippen molar-refractivity contribution >= 4 is 3.71 Å². The van der Waals surface area contributed by atoms with Gasteiger partial charge in [-0.2, -0.15) is 0 Å². The van der Waals surface area contributed by atoms with Gasteiger partial charge in [-0.3, -0.25) is 0 Å². The Morgan fingerprint density at radius 2 is 0.855 bits per heavy atom. The summed E-state index contributed by atoms with van der Waals surface area (Å²) in [6.07, 6.45) is 8.22. The topological polar surface area (TPSA) is 0 Å². The monoisotopic (exact) mass is 796 g/mol. The number of fused-ring (bicyclic) bond motifs is 3. The maximum atomic E-state index is 2.63. The third-order valence-corrected chi connectivity index (χ3v) is 18.2. The predicted molar refractivity (Wildman–Crippen MR) is 238 cm³/mol. The Morgan fingerprint density at radius 1 is 0.509 bits per heavy atom. The molecule has 8 rings (SSSR count). The van der Waals surface area contributed by atoms with Gasteiger partial charge in [0, 0.05) is 0 Å². The summed E-state index contributed by atoms with van der Waals surface area (Å²) in [6.45, 7) is 21.1. The van der Waals surface area contributed by atoms with E-state index in [1.165, 1.54) is 62.1 Å². The number of hydrogen-bond acceptors (Lipinski definition) is 0. The van der Waals surface area contributed by atoms with Gasteiger partial charge >= 0.3 is 198 Å². The minimum Gasteiger partial charge on any atom is -0.0622 e. The first-order valence-electron chi connectivity index (χ1n) is 19.9. The largest absolute Gasteiger partial charge is 0.0622 e. The summed E-state index contributed by atoms with van der Waals surface area (Å²) in [5.41, 5.74) is 17.5. The van der Waals surface area contributed by atoms with Gasteiger partial charge < -0.3 is 0 Å². The van der Waals surface area contributed by atoms with Crippen LogP contribution in [0.2, 0.25) is 0 Å². The van der Waals surface area contributed by atoms with Crippen LogP contribution in [0.4, 0.5) is 0 Å². The van der Waals surface area contributed by atoms with E-state index in [0.29, 0.717) is 3.63 Å². The van der Waals surface area contributed by atoms with Crippen LogP contribution in [0.15, 0.2) is 167 Å². The van der Waals surface area contributed by atoms with Gasteiger partial charge in [-0.15, -0.1) is 0 Å². The van der Waals surface area contributed by atoms with Crippen LogP contribution in [0.3, 0.4) is 0 Å². The molecular formula is C54H58Zr. The Morgan fingerprint density at radius 3 is 1.13 bits per heavy atom. The molecule has 0 aromatic heterocycles. The Bertz CT molecular complexity index is 2070. The van der Waals surface area contributed by atoms with Crippen molar-refractivity contribution < 1.29 is 21.3 Å². The molecule has 0 heterocycles. The van der Waals surface area contributed by atoms with Crippen molar-refractivity contribution in [3.05, 3.63) is 200 Å². The molecule has 2 aliphatic rings. The Labute approximate surface area is 339 Å². The zero-order valence-electron chi connectivity index (χ0n) is 34.5. The molecular weight excluding hydrogens is 740 g/mol. The molecule has 6 aromatic carbocycles. The fourth-order valence-electron chi connectivity index (χ4n) is 8.24. The van der Waals surface area contributed by atoms with Crippen molar-refractivity contribution in [1.82, 2.24) is 0 Å². The van der Waals surface area contributed by atoms with Gasteiger partial charge in [0.25, 0.3) is 0 Å². The Kier molecular flexibility index (Phi) is 12.8. The number of rotatable bonds is 4. The van der Waals surface area contributed by atoms with Crippen LogP contribution in [0.1, 0.15) is 91.9 Å². The summed E-state index contributed by atoms with van der Waals surface area (Å²) >= 11 is -1.99. The minimum atomic E-state index is -1.99. The fourth-order valence-corrected chi connectivity index (χ4v) is 15.3. The van der Waals surface area contributed by atoms with Crippen molar-refractivity contribution in [1.29, 1.82) is 0 Å². The molecule has 0 amide bonds. The smallest absolute Gasteiger partial charge is 0.0184 e. The SMILES string of the molecule is C[CH]=[Zr]([C]1=CC=CC1)[CH]1c2cc(C)c(C(C)(C)C)cc2-c2cc(C(C)(C)C)c(C)cc21.c1ccc(-c2ccccc2)cc1.c1ccc(-c2ccccc2)cc1. The molecule has 0 unspecified atom stereocenters. The normalized spacial score (nSPS) is 13.5. The van der Waals surface area contributed by atoms with E-state index in [4.69, 9.17) is 0 Å². The van der Waals surface area contributed by atoms with Crippen LogP contribution in [0.25, 0.3) is 33.4 Å².